The Balaban J connectivity index is 1.90. The third kappa shape index (κ3) is 3.45. The van der Waals surface area contributed by atoms with Crippen LogP contribution >= 0.6 is 0 Å². The molecule has 0 saturated heterocycles. The molecule has 0 aliphatic heterocycles. The van der Waals surface area contributed by atoms with Crippen LogP contribution in [0.15, 0.2) is 42.5 Å². The quantitative estimate of drug-likeness (QED) is 0.918. The van der Waals surface area contributed by atoms with E-state index >= 15 is 0 Å². The fourth-order valence-electron chi connectivity index (χ4n) is 2.86. The maximum Gasteiger partial charge on any atom is 0.272 e. The molecule has 5 heteroatoms. The Morgan fingerprint density at radius 3 is 2.50 bits per heavy atom. The van der Waals surface area contributed by atoms with Crippen molar-refractivity contribution < 1.29 is 9.59 Å². The average Bonchev–Trinajstić information content (AvgIpc) is 2.53. The largest absolute Gasteiger partial charge is 0.366 e. The molecule has 1 aromatic heterocycles. The first-order valence-corrected chi connectivity index (χ1v) is 8.16. The van der Waals surface area contributed by atoms with Gasteiger partial charge in [0.15, 0.2) is 0 Å². The van der Waals surface area contributed by atoms with Crippen LogP contribution in [0.2, 0.25) is 0 Å². The molecule has 0 bridgehead atoms. The van der Waals surface area contributed by atoms with Crippen LogP contribution in [0.5, 0.6) is 0 Å². The van der Waals surface area contributed by atoms with Crippen LogP contribution in [0.3, 0.4) is 0 Å². The van der Waals surface area contributed by atoms with Crippen LogP contribution in [0.25, 0.3) is 0 Å². The highest BCUT2D eigenvalue weighted by molar-refractivity contribution is 5.98. The molecule has 1 heterocycles. The van der Waals surface area contributed by atoms with Crippen LogP contribution in [-0.4, -0.2) is 34.8 Å². The van der Waals surface area contributed by atoms with E-state index in [0.29, 0.717) is 17.7 Å². The lowest BCUT2D eigenvalue weighted by atomic mass is 9.91. The van der Waals surface area contributed by atoms with Gasteiger partial charge in [0, 0.05) is 30.8 Å². The van der Waals surface area contributed by atoms with Gasteiger partial charge in [-0.2, -0.15) is 0 Å². The number of primary amides is 1. The molecule has 2 aromatic rings. The Kier molecular flexibility index (Phi) is 4.60. The van der Waals surface area contributed by atoms with Gasteiger partial charge in [-0.05, 0) is 37.0 Å². The van der Waals surface area contributed by atoms with Crippen molar-refractivity contribution in [1.82, 2.24) is 9.88 Å². The van der Waals surface area contributed by atoms with Crippen molar-refractivity contribution in [2.75, 3.05) is 7.05 Å². The molecule has 1 aromatic carbocycles. The molecule has 1 saturated carbocycles. The standard InChI is InChI=1S/C19H21N3O2/c1-22(16-8-5-9-16)19(24)17-12-14(18(20)23)11-15(21-17)10-13-6-3-2-4-7-13/h2-4,6-7,11-12,16H,5,8-10H2,1H3,(H2,20,23). The second kappa shape index (κ2) is 6.83. The molecule has 1 aliphatic carbocycles. The van der Waals surface area contributed by atoms with Gasteiger partial charge in [0.25, 0.3) is 5.91 Å². The summed E-state index contributed by atoms with van der Waals surface area (Å²) in [5, 5.41) is 0. The minimum atomic E-state index is -0.549. The first-order valence-electron chi connectivity index (χ1n) is 8.16. The Labute approximate surface area is 141 Å². The highest BCUT2D eigenvalue weighted by atomic mass is 16.2. The van der Waals surface area contributed by atoms with Crippen molar-refractivity contribution >= 4 is 11.8 Å². The number of amides is 2. The van der Waals surface area contributed by atoms with E-state index in [1.54, 1.807) is 18.0 Å². The number of pyridine rings is 1. The summed E-state index contributed by atoms with van der Waals surface area (Å²) in [5.41, 5.74) is 7.77. The molecule has 2 amide bonds. The number of carbonyl (C=O) groups excluding carboxylic acids is 2. The minimum Gasteiger partial charge on any atom is -0.366 e. The van der Waals surface area contributed by atoms with Crippen molar-refractivity contribution in [3.63, 3.8) is 0 Å². The van der Waals surface area contributed by atoms with Gasteiger partial charge in [-0.1, -0.05) is 30.3 Å². The number of hydrogen-bond donors (Lipinski definition) is 1. The Hall–Kier alpha value is -2.69. The third-order valence-corrected chi connectivity index (χ3v) is 4.55. The smallest absolute Gasteiger partial charge is 0.272 e. The van der Waals surface area contributed by atoms with E-state index in [4.69, 9.17) is 5.73 Å². The average molecular weight is 323 g/mol. The second-order valence-corrected chi connectivity index (χ2v) is 6.26. The zero-order valence-electron chi connectivity index (χ0n) is 13.7. The summed E-state index contributed by atoms with van der Waals surface area (Å²) < 4.78 is 0. The number of benzene rings is 1. The van der Waals surface area contributed by atoms with Crippen LogP contribution in [0.4, 0.5) is 0 Å². The van der Waals surface area contributed by atoms with Crippen LogP contribution in [0, 0.1) is 0 Å². The van der Waals surface area contributed by atoms with E-state index in [-0.39, 0.29) is 17.6 Å². The van der Waals surface area contributed by atoms with E-state index in [0.717, 1.165) is 24.8 Å². The van der Waals surface area contributed by atoms with Crippen LogP contribution in [0.1, 0.15) is 51.4 Å². The molecule has 1 fully saturated rings. The maximum absolute atomic E-state index is 12.7. The third-order valence-electron chi connectivity index (χ3n) is 4.55. The van der Waals surface area contributed by atoms with E-state index in [1.165, 1.54) is 6.07 Å². The van der Waals surface area contributed by atoms with E-state index < -0.39 is 5.91 Å². The first kappa shape index (κ1) is 16.2. The highest BCUT2D eigenvalue weighted by Gasteiger charge is 2.27. The normalized spacial score (nSPS) is 14.0. The topological polar surface area (TPSA) is 76.3 Å². The fourth-order valence-corrected chi connectivity index (χ4v) is 2.86. The van der Waals surface area contributed by atoms with Gasteiger partial charge in [0.2, 0.25) is 5.91 Å². The number of rotatable bonds is 5. The van der Waals surface area contributed by atoms with Gasteiger partial charge in [0.1, 0.15) is 5.69 Å². The lowest BCUT2D eigenvalue weighted by Gasteiger charge is -2.34. The molecule has 5 nitrogen and oxygen atoms in total. The molecule has 24 heavy (non-hydrogen) atoms. The summed E-state index contributed by atoms with van der Waals surface area (Å²) in [6, 6.07) is 13.2. The van der Waals surface area contributed by atoms with Gasteiger partial charge < -0.3 is 10.6 Å². The summed E-state index contributed by atoms with van der Waals surface area (Å²) in [4.78, 5) is 30.5. The van der Waals surface area contributed by atoms with Crippen LogP contribution in [-0.2, 0) is 6.42 Å². The Morgan fingerprint density at radius 1 is 1.21 bits per heavy atom. The highest BCUT2D eigenvalue weighted by Crippen LogP contribution is 2.25. The second-order valence-electron chi connectivity index (χ2n) is 6.26. The Bertz CT molecular complexity index is 754. The number of nitrogens with zero attached hydrogens (tertiary/aromatic N) is 2. The van der Waals surface area contributed by atoms with Crippen molar-refractivity contribution in [3.8, 4) is 0 Å². The van der Waals surface area contributed by atoms with Gasteiger partial charge in [-0.3, -0.25) is 9.59 Å². The molecule has 0 spiro atoms. The monoisotopic (exact) mass is 323 g/mol. The lowest BCUT2D eigenvalue weighted by molar-refractivity contribution is 0.0645. The number of aromatic nitrogens is 1. The van der Waals surface area contributed by atoms with Crippen molar-refractivity contribution in [2.24, 2.45) is 5.73 Å². The number of carbonyl (C=O) groups is 2. The molecule has 0 atom stereocenters. The molecular weight excluding hydrogens is 302 g/mol. The summed E-state index contributed by atoms with van der Waals surface area (Å²) in [6.07, 6.45) is 3.74. The summed E-state index contributed by atoms with van der Waals surface area (Å²) in [6.45, 7) is 0. The first-order chi connectivity index (χ1) is 11.5. The lowest BCUT2D eigenvalue weighted by Crippen LogP contribution is -2.41. The molecule has 2 N–H and O–H groups in total. The molecule has 1 aliphatic rings. The van der Waals surface area contributed by atoms with Gasteiger partial charge in [-0.15, -0.1) is 0 Å². The van der Waals surface area contributed by atoms with Gasteiger partial charge >= 0.3 is 0 Å². The van der Waals surface area contributed by atoms with Gasteiger partial charge in [-0.25, -0.2) is 4.98 Å². The van der Waals surface area contributed by atoms with E-state index in [9.17, 15) is 9.59 Å². The minimum absolute atomic E-state index is 0.155. The van der Waals surface area contributed by atoms with Crippen molar-refractivity contribution in [3.05, 3.63) is 65.0 Å². The zero-order valence-corrected chi connectivity index (χ0v) is 13.7. The summed E-state index contributed by atoms with van der Waals surface area (Å²) in [7, 11) is 1.79. The predicted octanol–water partition coefficient (Wildman–Crippen LogP) is 2.40. The van der Waals surface area contributed by atoms with Crippen LogP contribution < -0.4 is 5.73 Å². The number of hydrogen-bond acceptors (Lipinski definition) is 3. The fraction of sp³-hybridized carbons (Fsp3) is 0.316. The SMILES string of the molecule is CN(C(=O)c1cc(C(N)=O)cc(Cc2ccccc2)n1)C1CCC1. The summed E-state index contributed by atoms with van der Waals surface area (Å²) >= 11 is 0. The summed E-state index contributed by atoms with van der Waals surface area (Å²) in [5.74, 6) is -0.704. The molecule has 124 valence electrons. The van der Waals surface area contributed by atoms with Crippen molar-refractivity contribution in [1.29, 1.82) is 0 Å². The molecule has 0 radical (unpaired) electrons. The van der Waals surface area contributed by atoms with Gasteiger partial charge in [0.05, 0.1) is 0 Å². The van der Waals surface area contributed by atoms with E-state index in [1.807, 2.05) is 30.3 Å². The molecular formula is C19H21N3O2. The zero-order chi connectivity index (χ0) is 17.1. The van der Waals surface area contributed by atoms with Crippen molar-refractivity contribution in [2.45, 2.75) is 31.7 Å². The predicted molar refractivity (Wildman–Crippen MR) is 91.7 cm³/mol. The maximum atomic E-state index is 12.7. The number of nitrogens with two attached hydrogens (primary N) is 1. The molecule has 0 unspecified atom stereocenters. The van der Waals surface area contributed by atoms with E-state index in [2.05, 4.69) is 4.98 Å². The molecule has 3 rings (SSSR count). The Morgan fingerprint density at radius 2 is 1.92 bits per heavy atom.